The van der Waals surface area contributed by atoms with Crippen molar-refractivity contribution in [1.82, 2.24) is 5.32 Å². The maximum Gasteiger partial charge on any atom is 0.407 e. The number of halogens is 2. The monoisotopic (exact) mass is 301 g/mol. The van der Waals surface area contributed by atoms with E-state index in [-0.39, 0.29) is 17.1 Å². The minimum absolute atomic E-state index is 0.181. The number of alkyl carbamates (subject to hydrolysis) is 1. The zero-order valence-electron chi connectivity index (χ0n) is 11.5. The Kier molecular flexibility index (Phi) is 5.39. The SMILES string of the molecule is CC(C)(C)OC(=O)NCC=Cc1cc(Cl)cc(F)c1O. The van der Waals surface area contributed by atoms with Gasteiger partial charge in [0.25, 0.3) is 0 Å². The molecule has 0 aliphatic rings. The van der Waals surface area contributed by atoms with E-state index < -0.39 is 23.3 Å². The Hall–Kier alpha value is -1.75. The summed E-state index contributed by atoms with van der Waals surface area (Å²) in [6.45, 7) is 5.46. The van der Waals surface area contributed by atoms with Crippen LogP contribution in [0.1, 0.15) is 26.3 Å². The minimum Gasteiger partial charge on any atom is -0.504 e. The highest BCUT2D eigenvalue weighted by Crippen LogP contribution is 2.26. The van der Waals surface area contributed by atoms with E-state index in [1.807, 2.05) is 0 Å². The highest BCUT2D eigenvalue weighted by molar-refractivity contribution is 6.30. The summed E-state index contributed by atoms with van der Waals surface area (Å²) in [5.74, 6) is -1.28. The molecule has 6 heteroatoms. The average Bonchev–Trinajstić information content (AvgIpc) is 2.28. The second-order valence-corrected chi connectivity index (χ2v) is 5.55. The van der Waals surface area contributed by atoms with Gasteiger partial charge >= 0.3 is 6.09 Å². The van der Waals surface area contributed by atoms with Gasteiger partial charge in [0, 0.05) is 17.1 Å². The van der Waals surface area contributed by atoms with Crippen LogP contribution >= 0.6 is 11.6 Å². The van der Waals surface area contributed by atoms with E-state index in [4.69, 9.17) is 16.3 Å². The molecule has 0 aliphatic carbocycles. The maximum atomic E-state index is 13.2. The van der Waals surface area contributed by atoms with Crippen LogP contribution in [0.5, 0.6) is 5.75 Å². The third-order valence-corrected chi connectivity index (χ3v) is 2.34. The van der Waals surface area contributed by atoms with Crippen LogP contribution in [0.4, 0.5) is 9.18 Å². The summed E-state index contributed by atoms with van der Waals surface area (Å²) in [5.41, 5.74) is -0.330. The third-order valence-electron chi connectivity index (χ3n) is 2.12. The van der Waals surface area contributed by atoms with Crippen LogP contribution in [0.3, 0.4) is 0 Å². The summed E-state index contributed by atoms with van der Waals surface area (Å²) in [7, 11) is 0. The summed E-state index contributed by atoms with van der Waals surface area (Å²) < 4.78 is 18.2. The standard InChI is InChI=1S/C14H17ClFNO3/c1-14(2,3)20-13(19)17-6-4-5-9-7-10(15)8-11(16)12(9)18/h4-5,7-8,18H,6H2,1-3H3,(H,17,19). The van der Waals surface area contributed by atoms with Crippen LogP contribution < -0.4 is 5.32 Å². The smallest absolute Gasteiger partial charge is 0.407 e. The van der Waals surface area contributed by atoms with Crippen molar-refractivity contribution < 1.29 is 19.0 Å². The molecule has 1 aromatic rings. The molecule has 4 nitrogen and oxygen atoms in total. The number of carbonyl (C=O) groups is 1. The number of carbonyl (C=O) groups excluding carboxylic acids is 1. The molecule has 0 spiro atoms. The van der Waals surface area contributed by atoms with Gasteiger partial charge in [-0.1, -0.05) is 23.8 Å². The summed E-state index contributed by atoms with van der Waals surface area (Å²) in [5, 5.41) is 12.2. The van der Waals surface area contributed by atoms with Crippen LogP contribution in [0.15, 0.2) is 18.2 Å². The molecular formula is C14H17ClFNO3. The van der Waals surface area contributed by atoms with E-state index >= 15 is 0 Å². The van der Waals surface area contributed by atoms with E-state index in [9.17, 15) is 14.3 Å². The van der Waals surface area contributed by atoms with E-state index in [2.05, 4.69) is 5.32 Å². The van der Waals surface area contributed by atoms with Gasteiger partial charge in [-0.2, -0.15) is 0 Å². The van der Waals surface area contributed by atoms with Crippen molar-refractivity contribution in [3.63, 3.8) is 0 Å². The zero-order chi connectivity index (χ0) is 15.3. The number of amides is 1. The van der Waals surface area contributed by atoms with E-state index in [1.165, 1.54) is 12.1 Å². The van der Waals surface area contributed by atoms with Crippen LogP contribution in [-0.2, 0) is 4.74 Å². The number of phenols is 1. The molecule has 0 aromatic heterocycles. The normalized spacial score (nSPS) is 11.7. The lowest BCUT2D eigenvalue weighted by Crippen LogP contribution is -2.32. The second-order valence-electron chi connectivity index (χ2n) is 5.11. The Bertz CT molecular complexity index is 524. The fourth-order valence-corrected chi connectivity index (χ4v) is 1.57. The number of ether oxygens (including phenoxy) is 1. The first kappa shape index (κ1) is 16.3. The lowest BCUT2D eigenvalue weighted by atomic mass is 10.2. The van der Waals surface area contributed by atoms with Gasteiger partial charge in [0.05, 0.1) is 0 Å². The molecule has 0 bridgehead atoms. The average molecular weight is 302 g/mol. The number of hydrogen-bond donors (Lipinski definition) is 2. The second kappa shape index (κ2) is 6.61. The Morgan fingerprint density at radius 1 is 1.50 bits per heavy atom. The number of rotatable bonds is 3. The molecule has 1 rings (SSSR count). The number of benzene rings is 1. The van der Waals surface area contributed by atoms with Gasteiger partial charge in [0.2, 0.25) is 0 Å². The highest BCUT2D eigenvalue weighted by Gasteiger charge is 2.15. The quantitative estimate of drug-likeness (QED) is 0.894. The lowest BCUT2D eigenvalue weighted by Gasteiger charge is -2.19. The number of nitrogens with one attached hydrogen (secondary N) is 1. The molecule has 0 unspecified atom stereocenters. The predicted octanol–water partition coefficient (Wildman–Crippen LogP) is 3.72. The molecule has 1 amide bonds. The fraction of sp³-hybridized carbons (Fsp3) is 0.357. The number of aromatic hydroxyl groups is 1. The molecule has 0 fully saturated rings. The maximum absolute atomic E-state index is 13.2. The van der Waals surface area contributed by atoms with Crippen molar-refractivity contribution in [2.45, 2.75) is 26.4 Å². The molecule has 0 heterocycles. The number of phenolic OH excluding ortho intramolecular Hbond substituents is 1. The van der Waals surface area contributed by atoms with Crippen molar-refractivity contribution in [1.29, 1.82) is 0 Å². The van der Waals surface area contributed by atoms with Gasteiger partial charge in [-0.3, -0.25) is 0 Å². The highest BCUT2D eigenvalue weighted by atomic mass is 35.5. The van der Waals surface area contributed by atoms with Crippen LogP contribution in [0.2, 0.25) is 5.02 Å². The summed E-state index contributed by atoms with van der Waals surface area (Å²) in [6.07, 6.45) is 2.46. The number of hydrogen-bond acceptors (Lipinski definition) is 3. The van der Waals surface area contributed by atoms with E-state index in [0.717, 1.165) is 6.07 Å². The molecule has 110 valence electrons. The molecule has 0 atom stereocenters. The van der Waals surface area contributed by atoms with Gasteiger partial charge in [-0.05, 0) is 32.9 Å². The van der Waals surface area contributed by atoms with Gasteiger partial charge < -0.3 is 15.2 Å². The fourth-order valence-electron chi connectivity index (χ4n) is 1.36. The molecule has 0 radical (unpaired) electrons. The molecular weight excluding hydrogens is 285 g/mol. The van der Waals surface area contributed by atoms with Gasteiger partial charge in [0.1, 0.15) is 5.60 Å². The summed E-state index contributed by atoms with van der Waals surface area (Å²) in [6, 6.07) is 2.44. The first-order valence-electron chi connectivity index (χ1n) is 6.00. The van der Waals surface area contributed by atoms with Crippen LogP contribution in [0, 0.1) is 5.82 Å². The zero-order valence-corrected chi connectivity index (χ0v) is 12.3. The Labute approximate surface area is 122 Å². The molecule has 1 aromatic carbocycles. The molecule has 2 N–H and O–H groups in total. The van der Waals surface area contributed by atoms with Crippen molar-refractivity contribution in [3.8, 4) is 5.75 Å². The Balaban J connectivity index is 2.56. The van der Waals surface area contributed by atoms with E-state index in [0.29, 0.717) is 0 Å². The van der Waals surface area contributed by atoms with Crippen molar-refractivity contribution >= 4 is 23.8 Å². The summed E-state index contributed by atoms with van der Waals surface area (Å²) in [4.78, 5) is 11.3. The largest absolute Gasteiger partial charge is 0.504 e. The molecule has 0 saturated carbocycles. The van der Waals surface area contributed by atoms with Gasteiger partial charge in [0.15, 0.2) is 11.6 Å². The Morgan fingerprint density at radius 2 is 2.15 bits per heavy atom. The topological polar surface area (TPSA) is 58.6 Å². The Morgan fingerprint density at radius 3 is 2.75 bits per heavy atom. The van der Waals surface area contributed by atoms with Gasteiger partial charge in [-0.25, -0.2) is 9.18 Å². The minimum atomic E-state index is -0.794. The first-order valence-corrected chi connectivity index (χ1v) is 6.38. The van der Waals surface area contributed by atoms with Crippen molar-refractivity contribution in [3.05, 3.63) is 34.6 Å². The lowest BCUT2D eigenvalue weighted by molar-refractivity contribution is 0.0534. The van der Waals surface area contributed by atoms with Crippen molar-refractivity contribution in [2.75, 3.05) is 6.54 Å². The predicted molar refractivity (Wildman–Crippen MR) is 76.3 cm³/mol. The molecule has 0 aliphatic heterocycles. The summed E-state index contributed by atoms with van der Waals surface area (Å²) >= 11 is 5.68. The van der Waals surface area contributed by atoms with Crippen LogP contribution in [0.25, 0.3) is 6.08 Å². The van der Waals surface area contributed by atoms with Gasteiger partial charge in [-0.15, -0.1) is 0 Å². The van der Waals surface area contributed by atoms with E-state index in [1.54, 1.807) is 26.8 Å². The molecule has 0 saturated heterocycles. The van der Waals surface area contributed by atoms with Crippen LogP contribution in [-0.4, -0.2) is 23.3 Å². The first-order chi connectivity index (χ1) is 9.19. The molecule has 20 heavy (non-hydrogen) atoms. The third kappa shape index (κ3) is 5.48. The van der Waals surface area contributed by atoms with Crippen molar-refractivity contribution in [2.24, 2.45) is 0 Å².